The van der Waals surface area contributed by atoms with E-state index in [1.165, 1.54) is 29.2 Å². The number of fused-ring (bicyclic) bond motifs is 1. The lowest BCUT2D eigenvalue weighted by molar-refractivity contribution is -0.387. The van der Waals surface area contributed by atoms with Gasteiger partial charge in [0, 0.05) is 16.8 Å². The lowest BCUT2D eigenvalue weighted by atomic mass is 10.2. The van der Waals surface area contributed by atoms with Gasteiger partial charge in [0.05, 0.1) is 20.9 Å². The summed E-state index contributed by atoms with van der Waals surface area (Å²) in [6.45, 7) is 0. The zero-order valence-corrected chi connectivity index (χ0v) is 14.8. The number of hydrogen-bond donors (Lipinski definition) is 1. The van der Waals surface area contributed by atoms with Gasteiger partial charge in [-0.05, 0) is 30.3 Å². The summed E-state index contributed by atoms with van der Waals surface area (Å²) in [5.41, 5.74) is 0.234. The van der Waals surface area contributed by atoms with Gasteiger partial charge in [-0.25, -0.2) is 4.98 Å². The molecule has 0 aliphatic carbocycles. The van der Waals surface area contributed by atoms with Crippen molar-refractivity contribution in [1.82, 2.24) is 4.98 Å². The van der Waals surface area contributed by atoms with Crippen LogP contribution < -0.4 is 5.32 Å². The quantitative estimate of drug-likeness (QED) is 0.382. The summed E-state index contributed by atoms with van der Waals surface area (Å²) in [5, 5.41) is 13.8. The maximum atomic E-state index is 13.3. The van der Waals surface area contributed by atoms with Gasteiger partial charge in [-0.3, -0.25) is 14.9 Å². The van der Waals surface area contributed by atoms with Crippen LogP contribution in [0.1, 0.15) is 0 Å². The molecule has 0 aliphatic heterocycles. The standard InChI is InChI=1S/C15H9ClFN3O3S2/c16-8-1-4-13-11(5-8)19-15(25-13)24-7-14(21)18-9-2-3-10(17)12(6-9)20(22)23/h1-6H,7H2,(H,18,21). The summed E-state index contributed by atoms with van der Waals surface area (Å²) in [6.07, 6.45) is 0. The third kappa shape index (κ3) is 4.25. The van der Waals surface area contributed by atoms with E-state index in [4.69, 9.17) is 11.6 Å². The lowest BCUT2D eigenvalue weighted by Crippen LogP contribution is -2.14. The average Bonchev–Trinajstić information content (AvgIpc) is 2.96. The monoisotopic (exact) mass is 397 g/mol. The molecule has 3 aromatic rings. The number of aromatic nitrogens is 1. The second kappa shape index (κ2) is 7.34. The molecule has 0 radical (unpaired) electrons. The molecule has 0 unspecified atom stereocenters. The zero-order valence-electron chi connectivity index (χ0n) is 12.4. The van der Waals surface area contributed by atoms with Crippen molar-refractivity contribution in [3.05, 3.63) is 57.4 Å². The van der Waals surface area contributed by atoms with Crippen molar-refractivity contribution in [2.24, 2.45) is 0 Å². The highest BCUT2D eigenvalue weighted by molar-refractivity contribution is 8.01. The summed E-state index contributed by atoms with van der Waals surface area (Å²) in [7, 11) is 0. The van der Waals surface area contributed by atoms with Gasteiger partial charge in [0.1, 0.15) is 0 Å². The maximum absolute atomic E-state index is 13.3. The Kier molecular flexibility index (Phi) is 5.16. The first-order chi connectivity index (χ1) is 11.9. The van der Waals surface area contributed by atoms with Crippen LogP contribution in [0.25, 0.3) is 10.2 Å². The molecule has 2 aromatic carbocycles. The van der Waals surface area contributed by atoms with Crippen LogP contribution in [0, 0.1) is 15.9 Å². The van der Waals surface area contributed by atoms with Crippen LogP contribution in [0.3, 0.4) is 0 Å². The number of benzene rings is 2. The van der Waals surface area contributed by atoms with Gasteiger partial charge in [0.2, 0.25) is 11.7 Å². The summed E-state index contributed by atoms with van der Waals surface area (Å²) >= 11 is 8.59. The number of thioether (sulfide) groups is 1. The number of amides is 1. The zero-order chi connectivity index (χ0) is 18.0. The summed E-state index contributed by atoms with van der Waals surface area (Å²) < 4.78 is 14.9. The maximum Gasteiger partial charge on any atom is 0.306 e. The molecule has 0 bridgehead atoms. The predicted molar refractivity (Wildman–Crippen MR) is 97.0 cm³/mol. The molecule has 1 heterocycles. The highest BCUT2D eigenvalue weighted by Crippen LogP contribution is 2.31. The molecule has 25 heavy (non-hydrogen) atoms. The normalized spacial score (nSPS) is 10.8. The summed E-state index contributed by atoms with van der Waals surface area (Å²) in [4.78, 5) is 26.2. The van der Waals surface area contributed by atoms with E-state index in [2.05, 4.69) is 10.3 Å². The Morgan fingerprint density at radius 2 is 2.16 bits per heavy atom. The number of carbonyl (C=O) groups is 1. The van der Waals surface area contributed by atoms with Gasteiger partial charge >= 0.3 is 5.69 Å². The Labute approximate surface area is 154 Å². The van der Waals surface area contributed by atoms with Crippen LogP contribution in [-0.2, 0) is 4.79 Å². The smallest absolute Gasteiger partial charge is 0.306 e. The van der Waals surface area contributed by atoms with E-state index in [9.17, 15) is 19.3 Å². The number of halogens is 2. The molecule has 128 valence electrons. The minimum absolute atomic E-state index is 0.0682. The molecule has 0 spiro atoms. The molecule has 0 saturated carbocycles. The van der Waals surface area contributed by atoms with E-state index in [0.717, 1.165) is 22.3 Å². The second-order valence-corrected chi connectivity index (χ2v) is 7.54. The van der Waals surface area contributed by atoms with Crippen molar-refractivity contribution >= 4 is 62.2 Å². The molecule has 1 N–H and O–H groups in total. The number of anilines is 1. The molecule has 3 rings (SSSR count). The molecule has 0 fully saturated rings. The van der Waals surface area contributed by atoms with E-state index in [1.54, 1.807) is 12.1 Å². The number of nitrogens with one attached hydrogen (secondary N) is 1. The molecule has 0 atom stereocenters. The van der Waals surface area contributed by atoms with E-state index in [-0.39, 0.29) is 17.3 Å². The third-order valence-corrected chi connectivity index (χ3v) is 5.50. The predicted octanol–water partition coefficient (Wildman–Crippen LogP) is 4.73. The topological polar surface area (TPSA) is 85.1 Å². The van der Waals surface area contributed by atoms with Crippen molar-refractivity contribution in [1.29, 1.82) is 0 Å². The second-order valence-electron chi connectivity index (χ2n) is 4.85. The first-order valence-electron chi connectivity index (χ1n) is 6.85. The Balaban J connectivity index is 1.64. The van der Waals surface area contributed by atoms with Crippen LogP contribution in [0.15, 0.2) is 40.7 Å². The Hall–Kier alpha value is -2.23. The molecule has 0 saturated heterocycles. The van der Waals surface area contributed by atoms with Crippen LogP contribution in [0.2, 0.25) is 5.02 Å². The van der Waals surface area contributed by atoms with Gasteiger partial charge in [0.25, 0.3) is 0 Å². The van der Waals surface area contributed by atoms with Crippen molar-refractivity contribution in [2.45, 2.75) is 4.34 Å². The first kappa shape index (κ1) is 17.6. The van der Waals surface area contributed by atoms with E-state index < -0.39 is 16.4 Å². The van der Waals surface area contributed by atoms with E-state index in [0.29, 0.717) is 9.36 Å². The number of hydrogen-bond acceptors (Lipinski definition) is 6. The number of nitro benzene ring substituents is 1. The van der Waals surface area contributed by atoms with Crippen molar-refractivity contribution in [3.63, 3.8) is 0 Å². The minimum Gasteiger partial charge on any atom is -0.325 e. The van der Waals surface area contributed by atoms with E-state index >= 15 is 0 Å². The summed E-state index contributed by atoms with van der Waals surface area (Å²) in [6, 6.07) is 8.57. The molecular formula is C15H9ClFN3O3S2. The minimum atomic E-state index is -0.953. The Bertz CT molecular complexity index is 980. The molecule has 10 heteroatoms. The number of nitrogens with zero attached hydrogens (tertiary/aromatic N) is 2. The number of thiazole rings is 1. The molecule has 0 aliphatic rings. The van der Waals surface area contributed by atoms with Crippen LogP contribution in [-0.4, -0.2) is 21.6 Å². The molecule has 6 nitrogen and oxygen atoms in total. The van der Waals surface area contributed by atoms with Gasteiger partial charge in [-0.1, -0.05) is 23.4 Å². The van der Waals surface area contributed by atoms with Crippen LogP contribution in [0.5, 0.6) is 0 Å². The highest BCUT2D eigenvalue weighted by atomic mass is 35.5. The molecule has 1 amide bonds. The van der Waals surface area contributed by atoms with Crippen molar-refractivity contribution in [2.75, 3.05) is 11.1 Å². The largest absolute Gasteiger partial charge is 0.325 e. The fourth-order valence-corrected chi connectivity index (χ4v) is 4.01. The fourth-order valence-electron chi connectivity index (χ4n) is 2.00. The Morgan fingerprint density at radius 3 is 2.92 bits per heavy atom. The van der Waals surface area contributed by atoms with Crippen LogP contribution in [0.4, 0.5) is 15.8 Å². The van der Waals surface area contributed by atoms with E-state index in [1.807, 2.05) is 6.07 Å². The average molecular weight is 398 g/mol. The van der Waals surface area contributed by atoms with Gasteiger partial charge in [-0.15, -0.1) is 11.3 Å². The summed E-state index contributed by atoms with van der Waals surface area (Å²) in [5.74, 6) is -1.26. The van der Waals surface area contributed by atoms with Crippen LogP contribution >= 0.6 is 34.7 Å². The van der Waals surface area contributed by atoms with Gasteiger partial charge in [0.15, 0.2) is 4.34 Å². The lowest BCUT2D eigenvalue weighted by Gasteiger charge is -2.04. The SMILES string of the molecule is O=C(CSc1nc2cc(Cl)ccc2s1)Nc1ccc(F)c([N+](=O)[O-])c1. The van der Waals surface area contributed by atoms with Crippen molar-refractivity contribution < 1.29 is 14.1 Å². The number of rotatable bonds is 5. The number of carbonyl (C=O) groups excluding carboxylic acids is 1. The van der Waals surface area contributed by atoms with Gasteiger partial charge < -0.3 is 5.32 Å². The third-order valence-electron chi connectivity index (χ3n) is 3.08. The Morgan fingerprint density at radius 1 is 1.36 bits per heavy atom. The molecular weight excluding hydrogens is 389 g/mol. The molecule has 1 aromatic heterocycles. The fraction of sp³-hybridized carbons (Fsp3) is 0.0667. The number of nitro groups is 1. The first-order valence-corrected chi connectivity index (χ1v) is 9.03. The van der Waals surface area contributed by atoms with Gasteiger partial charge in [-0.2, -0.15) is 4.39 Å². The highest BCUT2D eigenvalue weighted by Gasteiger charge is 2.15. The van der Waals surface area contributed by atoms with Crippen molar-refractivity contribution in [3.8, 4) is 0 Å².